The molecule has 0 fully saturated rings. The van der Waals surface area contributed by atoms with Crippen molar-refractivity contribution in [2.45, 2.75) is 0 Å². The van der Waals surface area contributed by atoms with Crippen LogP contribution in [0.2, 0.25) is 0 Å². The number of methoxy groups -OCH3 is 1. The minimum Gasteiger partial charge on any atom is -0.497 e. The molecule has 0 aliphatic heterocycles. The molecule has 2 rings (SSSR count). The molecule has 0 amide bonds. The number of benzene rings is 2. The molecule has 0 bridgehead atoms. The number of hydrogen-bond donors (Lipinski definition) is 2. The molecular weight excluding hydrogens is 280 g/mol. The highest BCUT2D eigenvalue weighted by Crippen LogP contribution is 2.15. The van der Waals surface area contributed by atoms with Gasteiger partial charge in [0.2, 0.25) is 11.8 Å². The summed E-state index contributed by atoms with van der Waals surface area (Å²) in [7, 11) is 1.60. The summed E-state index contributed by atoms with van der Waals surface area (Å²) in [6.45, 7) is 0. The first-order chi connectivity index (χ1) is 10.7. The van der Waals surface area contributed by atoms with Crippen molar-refractivity contribution >= 4 is 17.5 Å². The van der Waals surface area contributed by atoms with Crippen LogP contribution in [0.3, 0.4) is 0 Å². The Kier molecular flexibility index (Phi) is 5.20. The Morgan fingerprint density at radius 1 is 0.909 bits per heavy atom. The number of amidine groups is 1. The highest BCUT2D eigenvalue weighted by atomic mass is 16.5. The van der Waals surface area contributed by atoms with Gasteiger partial charge >= 0.3 is 0 Å². The molecule has 7 nitrogen and oxygen atoms in total. The monoisotopic (exact) mass is 296 g/mol. The third-order valence-corrected chi connectivity index (χ3v) is 2.62. The van der Waals surface area contributed by atoms with Gasteiger partial charge in [-0.1, -0.05) is 18.2 Å². The van der Waals surface area contributed by atoms with E-state index < -0.39 is 0 Å². The molecule has 7 heteroatoms. The Morgan fingerprint density at radius 2 is 1.59 bits per heavy atom. The fourth-order valence-corrected chi connectivity index (χ4v) is 1.58. The smallest absolute Gasteiger partial charge is 0.211 e. The van der Waals surface area contributed by atoms with Crippen LogP contribution in [-0.4, -0.2) is 18.9 Å². The maximum atomic E-state index is 5.30. The van der Waals surface area contributed by atoms with Crippen molar-refractivity contribution in [1.29, 1.82) is 0 Å². The van der Waals surface area contributed by atoms with E-state index in [9.17, 15) is 0 Å². The van der Waals surface area contributed by atoms with Gasteiger partial charge in [-0.2, -0.15) is 0 Å². The molecule has 22 heavy (non-hydrogen) atoms. The van der Waals surface area contributed by atoms with E-state index in [1.165, 1.54) is 0 Å². The van der Waals surface area contributed by atoms with E-state index in [4.69, 9.17) is 16.2 Å². The van der Waals surface area contributed by atoms with Gasteiger partial charge in [-0.15, -0.1) is 20.4 Å². The Balaban J connectivity index is 2.32. The Labute approximate surface area is 128 Å². The number of guanidine groups is 1. The second-order valence-corrected chi connectivity index (χ2v) is 4.21. The van der Waals surface area contributed by atoms with Crippen molar-refractivity contribution in [2.75, 3.05) is 7.11 Å². The molecule has 0 spiro atoms. The number of hydrogen-bond acceptors (Lipinski definition) is 4. The summed E-state index contributed by atoms with van der Waals surface area (Å²) in [6, 6.07) is 16.5. The molecule has 0 aromatic heterocycles. The number of nitrogens with zero attached hydrogens (tertiary/aromatic N) is 4. The maximum absolute atomic E-state index is 5.30. The maximum Gasteiger partial charge on any atom is 0.211 e. The number of azo groups is 1. The average molecular weight is 296 g/mol. The van der Waals surface area contributed by atoms with Crippen molar-refractivity contribution in [3.63, 3.8) is 0 Å². The van der Waals surface area contributed by atoms with Crippen LogP contribution in [0.5, 0.6) is 5.75 Å². The van der Waals surface area contributed by atoms with E-state index in [0.717, 1.165) is 5.75 Å². The average Bonchev–Trinajstić information content (AvgIpc) is 2.56. The second kappa shape index (κ2) is 7.53. The molecule has 4 N–H and O–H groups in total. The van der Waals surface area contributed by atoms with Crippen LogP contribution in [0, 0.1) is 0 Å². The van der Waals surface area contributed by atoms with Crippen LogP contribution in [0.25, 0.3) is 0 Å². The molecule has 0 radical (unpaired) electrons. The molecule has 112 valence electrons. The van der Waals surface area contributed by atoms with Gasteiger partial charge in [0.05, 0.1) is 12.8 Å². The van der Waals surface area contributed by atoms with Gasteiger partial charge in [0.25, 0.3) is 0 Å². The number of nitrogens with two attached hydrogens (primary N) is 2. The first-order valence-electron chi connectivity index (χ1n) is 6.47. The highest BCUT2D eigenvalue weighted by molar-refractivity contribution is 5.99. The van der Waals surface area contributed by atoms with Crippen LogP contribution in [0.4, 0.5) is 5.69 Å². The highest BCUT2D eigenvalue weighted by Gasteiger charge is 2.03. The van der Waals surface area contributed by atoms with Gasteiger partial charge in [-0.3, -0.25) is 0 Å². The Hall–Kier alpha value is -3.22. The first kappa shape index (κ1) is 15.2. The van der Waals surface area contributed by atoms with E-state index in [-0.39, 0.29) is 5.96 Å². The summed E-state index contributed by atoms with van der Waals surface area (Å²) in [4.78, 5) is 0. The largest absolute Gasteiger partial charge is 0.497 e. The molecule has 0 saturated carbocycles. The standard InChI is InChI=1S/C15H16N6O/c1-22-13-9-7-11(8-10-13)14(20-21-15(16)17)19-18-12-5-3-2-4-6-12/h2-10H,1H3,(H4,16,17,21). The predicted molar refractivity (Wildman–Crippen MR) is 86.3 cm³/mol. The molecule has 0 saturated heterocycles. The SMILES string of the molecule is COc1ccc(C(N=Nc2ccccc2)=NN=C(N)N)cc1. The fourth-order valence-electron chi connectivity index (χ4n) is 1.58. The molecule has 0 heterocycles. The lowest BCUT2D eigenvalue weighted by atomic mass is 10.2. The van der Waals surface area contributed by atoms with Gasteiger partial charge in [-0.05, 0) is 36.4 Å². The topological polar surface area (TPSA) is 111 Å². The van der Waals surface area contributed by atoms with Crippen molar-refractivity contribution in [3.8, 4) is 5.75 Å². The lowest BCUT2D eigenvalue weighted by Gasteiger charge is -2.01. The van der Waals surface area contributed by atoms with E-state index in [0.29, 0.717) is 17.1 Å². The third kappa shape index (κ3) is 4.41. The minimum absolute atomic E-state index is 0.152. The van der Waals surface area contributed by atoms with Crippen molar-refractivity contribution in [1.82, 2.24) is 0 Å². The summed E-state index contributed by atoms with van der Waals surface area (Å²) in [5, 5.41) is 15.8. The van der Waals surface area contributed by atoms with Gasteiger partial charge in [0, 0.05) is 5.56 Å². The summed E-state index contributed by atoms with van der Waals surface area (Å²) in [5.41, 5.74) is 12.0. The van der Waals surface area contributed by atoms with Gasteiger partial charge in [0.15, 0.2) is 0 Å². The number of ether oxygens (including phenoxy) is 1. The summed E-state index contributed by atoms with van der Waals surface area (Å²) in [5.74, 6) is 0.866. The van der Waals surface area contributed by atoms with Crippen LogP contribution in [0.1, 0.15) is 5.56 Å². The normalized spacial score (nSPS) is 11.4. The van der Waals surface area contributed by atoms with Crippen molar-refractivity contribution in [2.24, 2.45) is 31.9 Å². The number of rotatable bonds is 4. The van der Waals surface area contributed by atoms with E-state index in [1.807, 2.05) is 30.3 Å². The van der Waals surface area contributed by atoms with Crippen LogP contribution >= 0.6 is 0 Å². The zero-order valence-electron chi connectivity index (χ0n) is 12.0. The molecule has 0 aliphatic carbocycles. The van der Waals surface area contributed by atoms with Gasteiger partial charge < -0.3 is 16.2 Å². The molecule has 2 aromatic rings. The summed E-state index contributed by atoms with van der Waals surface area (Å²) < 4.78 is 5.11. The van der Waals surface area contributed by atoms with Gasteiger partial charge in [0.1, 0.15) is 5.75 Å². The lowest BCUT2D eigenvalue weighted by molar-refractivity contribution is 0.415. The lowest BCUT2D eigenvalue weighted by Crippen LogP contribution is -2.22. The first-order valence-corrected chi connectivity index (χ1v) is 6.47. The molecule has 0 aliphatic rings. The molecule has 2 aromatic carbocycles. The van der Waals surface area contributed by atoms with Gasteiger partial charge in [-0.25, -0.2) is 0 Å². The second-order valence-electron chi connectivity index (χ2n) is 4.21. The Morgan fingerprint density at radius 3 is 2.18 bits per heavy atom. The summed E-state index contributed by atoms with van der Waals surface area (Å²) in [6.07, 6.45) is 0. The Bertz CT molecular complexity index is 688. The van der Waals surface area contributed by atoms with Crippen molar-refractivity contribution < 1.29 is 4.74 Å². The van der Waals surface area contributed by atoms with Crippen LogP contribution in [0.15, 0.2) is 75.0 Å². The van der Waals surface area contributed by atoms with Crippen LogP contribution in [-0.2, 0) is 0 Å². The van der Waals surface area contributed by atoms with E-state index >= 15 is 0 Å². The van der Waals surface area contributed by atoms with Crippen molar-refractivity contribution in [3.05, 3.63) is 60.2 Å². The van der Waals surface area contributed by atoms with E-state index in [1.54, 1.807) is 31.4 Å². The summed E-state index contributed by atoms with van der Waals surface area (Å²) >= 11 is 0. The third-order valence-electron chi connectivity index (χ3n) is 2.62. The van der Waals surface area contributed by atoms with E-state index in [2.05, 4.69) is 20.4 Å². The molecular formula is C15H16N6O. The molecule has 0 unspecified atom stereocenters. The quantitative estimate of drug-likeness (QED) is 0.391. The van der Waals surface area contributed by atoms with Crippen LogP contribution < -0.4 is 16.2 Å². The predicted octanol–water partition coefficient (Wildman–Crippen LogP) is 2.41. The zero-order valence-corrected chi connectivity index (χ0v) is 12.0. The fraction of sp³-hybridized carbons (Fsp3) is 0.0667. The zero-order chi connectivity index (χ0) is 15.8. The molecule has 0 atom stereocenters. The minimum atomic E-state index is -0.152.